The predicted octanol–water partition coefficient (Wildman–Crippen LogP) is 0.257. The number of amides is 2. The van der Waals surface area contributed by atoms with Crippen LogP contribution >= 0.6 is 0 Å². The van der Waals surface area contributed by atoms with Crippen LogP contribution in [0.25, 0.3) is 0 Å². The summed E-state index contributed by atoms with van der Waals surface area (Å²) in [5.74, 6) is 0. The minimum Gasteiger partial charge on any atom is -0.507 e. The van der Waals surface area contributed by atoms with E-state index in [1.54, 1.807) is 13.0 Å². The molecule has 0 fully saturated rings. The maximum absolute atomic E-state index is 9.00. The number of hydrogen-bond acceptors (Lipinski definition) is 2. The molecule has 0 spiro atoms. The number of urea groups is 1. The number of carbonyl (C=O) groups excluding carboxylic acids is 1. The van der Waals surface area contributed by atoms with Crippen LogP contribution in [-0.4, -0.2) is 11.1 Å². The van der Waals surface area contributed by atoms with Crippen LogP contribution in [0.4, 0.5) is 4.79 Å². The quantitative estimate of drug-likeness (QED) is 0.324. The van der Waals surface area contributed by atoms with Gasteiger partial charge in [-0.2, -0.15) is 0 Å². The Bertz CT molecular complexity index is 115. The lowest BCUT2D eigenvalue weighted by molar-refractivity contribution is 0.256. The third-order valence-electron chi connectivity index (χ3n) is 0.241. The molecule has 0 aliphatic carbocycles. The fourth-order valence-corrected chi connectivity index (χ4v) is 0.0745. The number of carbonyl (C=O) groups is 1. The van der Waals surface area contributed by atoms with Gasteiger partial charge in [-0.05, 0) is 13.0 Å². The molecule has 0 aromatic heterocycles. The van der Waals surface area contributed by atoms with E-state index in [0.29, 0.717) is 0 Å². The van der Waals surface area contributed by atoms with Crippen molar-refractivity contribution in [2.75, 3.05) is 0 Å². The number of rotatable bonds is 0. The van der Waals surface area contributed by atoms with Gasteiger partial charge >= 0.3 is 6.03 Å². The Morgan fingerprint density at radius 3 is 2.00 bits per heavy atom. The van der Waals surface area contributed by atoms with Crippen molar-refractivity contribution >= 4 is 6.03 Å². The summed E-state index contributed by atoms with van der Waals surface area (Å²) in [5.41, 5.74) is 10.9. The maximum atomic E-state index is 9.00. The molecule has 4 heteroatoms. The van der Waals surface area contributed by atoms with Crippen molar-refractivity contribution in [3.05, 3.63) is 18.1 Å². The van der Waals surface area contributed by atoms with Gasteiger partial charge in [-0.1, -0.05) is 5.73 Å². The van der Waals surface area contributed by atoms with E-state index in [1.807, 2.05) is 0 Å². The van der Waals surface area contributed by atoms with Crippen LogP contribution in [0.2, 0.25) is 0 Å². The first-order valence-corrected chi connectivity index (χ1v) is 2.19. The third-order valence-corrected chi connectivity index (χ3v) is 0.241. The summed E-state index contributed by atoms with van der Waals surface area (Å²) in [6.45, 7) is 1.78. The molecule has 0 aliphatic heterocycles. The Hall–Kier alpha value is -1.41. The molecule has 0 rings (SSSR count). The molecule has 0 radical (unpaired) electrons. The van der Waals surface area contributed by atoms with Gasteiger partial charge in [0.15, 0.2) is 0 Å². The lowest BCUT2D eigenvalue weighted by Crippen LogP contribution is -2.18. The summed E-state index contributed by atoms with van der Waals surface area (Å²) < 4.78 is 0. The average molecular weight is 130 g/mol. The highest BCUT2D eigenvalue weighted by Gasteiger charge is 1.60. The number of aliphatic hydroxyl groups is 1. The lowest BCUT2D eigenvalue weighted by Gasteiger charge is -1.62. The molecule has 0 atom stereocenters. The molecule has 0 heterocycles. The number of allylic oxidation sites excluding steroid dienone is 1. The highest BCUT2D eigenvalue weighted by Crippen LogP contribution is 1.53. The van der Waals surface area contributed by atoms with Crippen molar-refractivity contribution in [2.45, 2.75) is 6.92 Å². The van der Waals surface area contributed by atoms with Gasteiger partial charge in [0.2, 0.25) is 0 Å². The van der Waals surface area contributed by atoms with E-state index in [-0.39, 0.29) is 0 Å². The first kappa shape index (κ1) is 10.5. The molecule has 0 saturated carbocycles. The van der Waals surface area contributed by atoms with Crippen molar-refractivity contribution in [3.8, 4) is 0 Å². The van der Waals surface area contributed by atoms with Crippen molar-refractivity contribution in [1.29, 1.82) is 0 Å². The summed E-state index contributed by atoms with van der Waals surface area (Å²) in [6.07, 6.45) is 2.50. The predicted molar refractivity (Wildman–Crippen MR) is 34.7 cm³/mol. The van der Waals surface area contributed by atoms with Gasteiger partial charge in [0.1, 0.15) is 6.26 Å². The Kier molecular flexibility index (Phi) is 11.5. The van der Waals surface area contributed by atoms with Crippen molar-refractivity contribution < 1.29 is 9.90 Å². The van der Waals surface area contributed by atoms with Gasteiger partial charge in [0, 0.05) is 0 Å². The van der Waals surface area contributed by atoms with E-state index in [9.17, 15) is 0 Å². The summed E-state index contributed by atoms with van der Waals surface area (Å²) in [4.78, 5) is 9.00. The Morgan fingerprint density at radius 1 is 1.67 bits per heavy atom. The maximum Gasteiger partial charge on any atom is 0.309 e. The van der Waals surface area contributed by atoms with Crippen molar-refractivity contribution in [3.63, 3.8) is 0 Å². The van der Waals surface area contributed by atoms with E-state index in [0.717, 1.165) is 6.26 Å². The second-order valence-electron chi connectivity index (χ2n) is 0.987. The minimum atomic E-state index is -0.833. The van der Waals surface area contributed by atoms with Crippen molar-refractivity contribution in [2.24, 2.45) is 11.5 Å². The number of aliphatic hydroxyl groups excluding tert-OH is 1. The fraction of sp³-hybridized carbons (Fsp3) is 0.200. The van der Waals surface area contributed by atoms with E-state index >= 15 is 0 Å². The third kappa shape index (κ3) is 399. The Labute approximate surface area is 53.5 Å². The second kappa shape index (κ2) is 9.77. The highest BCUT2D eigenvalue weighted by atomic mass is 16.2. The molecule has 0 unspecified atom stereocenters. The normalized spacial score (nSPS) is 5.44. The molecule has 0 aromatic carbocycles. The molecule has 9 heavy (non-hydrogen) atoms. The molecule has 0 saturated heterocycles. The molecule has 0 bridgehead atoms. The van der Waals surface area contributed by atoms with Crippen LogP contribution in [-0.2, 0) is 0 Å². The summed E-state index contributed by atoms with van der Waals surface area (Å²) in [7, 11) is 0. The van der Waals surface area contributed by atoms with Crippen LogP contribution in [0.15, 0.2) is 18.1 Å². The highest BCUT2D eigenvalue weighted by molar-refractivity contribution is 5.69. The zero-order chi connectivity index (χ0) is 7.70. The van der Waals surface area contributed by atoms with E-state index in [2.05, 4.69) is 17.2 Å². The standard InChI is InChI=1S/C4H6O.CH4N2O/c1-2-3-4-5;2-1(3)4/h2,4-5H,1H3;(H4,2,3,4). The number of primary amides is 2. The fourth-order valence-electron chi connectivity index (χ4n) is 0.0745. The largest absolute Gasteiger partial charge is 0.507 e. The molecule has 2 amide bonds. The minimum absolute atomic E-state index is 0.833. The lowest BCUT2D eigenvalue weighted by atomic mass is 10.7. The molecule has 0 aliphatic rings. The molecular formula is C5H10N2O2. The van der Waals surface area contributed by atoms with E-state index in [4.69, 9.17) is 9.90 Å². The summed E-state index contributed by atoms with van der Waals surface area (Å²) in [5, 5.41) is 7.80. The Morgan fingerprint density at radius 2 is 2.00 bits per heavy atom. The summed E-state index contributed by atoms with van der Waals surface area (Å²) in [6, 6.07) is -0.833. The van der Waals surface area contributed by atoms with Crippen LogP contribution in [0.3, 0.4) is 0 Å². The average Bonchev–Trinajstić information content (AvgIpc) is 1.66. The number of hydrogen-bond donors (Lipinski definition) is 3. The van der Waals surface area contributed by atoms with Gasteiger partial charge in [-0.3, -0.25) is 0 Å². The van der Waals surface area contributed by atoms with Gasteiger partial charge in [0.25, 0.3) is 0 Å². The second-order valence-corrected chi connectivity index (χ2v) is 0.987. The smallest absolute Gasteiger partial charge is 0.309 e. The van der Waals surface area contributed by atoms with Crippen LogP contribution < -0.4 is 11.5 Å². The molecule has 52 valence electrons. The zero-order valence-electron chi connectivity index (χ0n) is 5.16. The van der Waals surface area contributed by atoms with Gasteiger partial charge in [-0.25, -0.2) is 4.79 Å². The monoisotopic (exact) mass is 130 g/mol. The first-order valence-electron chi connectivity index (χ1n) is 2.19. The molecular weight excluding hydrogens is 120 g/mol. The molecule has 0 aromatic rings. The topological polar surface area (TPSA) is 89.3 Å². The zero-order valence-corrected chi connectivity index (χ0v) is 5.16. The number of nitrogens with two attached hydrogens (primary N) is 2. The van der Waals surface area contributed by atoms with E-state index < -0.39 is 6.03 Å². The summed E-state index contributed by atoms with van der Waals surface area (Å²) >= 11 is 0. The Balaban J connectivity index is 0. The van der Waals surface area contributed by atoms with E-state index in [1.165, 1.54) is 0 Å². The van der Waals surface area contributed by atoms with Gasteiger partial charge < -0.3 is 16.6 Å². The van der Waals surface area contributed by atoms with Crippen LogP contribution in [0.5, 0.6) is 0 Å². The molecule has 5 N–H and O–H groups in total. The van der Waals surface area contributed by atoms with Gasteiger partial charge in [-0.15, -0.1) is 0 Å². The SMILES string of the molecule is CC=C=CO.NC(N)=O. The first-order chi connectivity index (χ1) is 4.15. The van der Waals surface area contributed by atoms with Gasteiger partial charge in [0.05, 0.1) is 0 Å². The van der Waals surface area contributed by atoms with Crippen LogP contribution in [0, 0.1) is 0 Å². The van der Waals surface area contributed by atoms with Crippen LogP contribution in [0.1, 0.15) is 6.92 Å². The van der Waals surface area contributed by atoms with Crippen molar-refractivity contribution in [1.82, 2.24) is 0 Å². The molecule has 4 nitrogen and oxygen atoms in total.